The highest BCUT2D eigenvalue weighted by Gasteiger charge is 2.20. The predicted molar refractivity (Wildman–Crippen MR) is 132 cm³/mol. The Bertz CT molecular complexity index is 1310. The monoisotopic (exact) mass is 440 g/mol. The summed E-state index contributed by atoms with van der Waals surface area (Å²) in [5.74, 6) is -0.312. The molecule has 1 aromatic heterocycles. The Morgan fingerprint density at radius 3 is 2.21 bits per heavy atom. The van der Waals surface area contributed by atoms with Crippen molar-refractivity contribution >= 4 is 16.7 Å². The van der Waals surface area contributed by atoms with Crippen molar-refractivity contribution in [3.63, 3.8) is 0 Å². The lowest BCUT2D eigenvalue weighted by atomic mass is 10.0. The molecule has 0 radical (unpaired) electrons. The van der Waals surface area contributed by atoms with Gasteiger partial charge in [0.05, 0.1) is 17.1 Å². The van der Waals surface area contributed by atoms with Crippen molar-refractivity contribution < 1.29 is 4.79 Å². The summed E-state index contributed by atoms with van der Waals surface area (Å²) in [6, 6.07) is 24.7. The Kier molecular flexibility index (Phi) is 6.66. The average Bonchev–Trinajstić information content (AvgIpc) is 2.85. The molecule has 0 spiro atoms. The summed E-state index contributed by atoms with van der Waals surface area (Å²) in [4.78, 5) is 28.4. The molecule has 168 valence electrons. The van der Waals surface area contributed by atoms with E-state index in [0.717, 1.165) is 12.0 Å². The van der Waals surface area contributed by atoms with Gasteiger partial charge in [0.15, 0.2) is 5.69 Å². The molecule has 0 saturated carbocycles. The standard InChI is InChI=1S/C27H28N4O2/c1-4-19-14-16-20(17-15-19)24(30(2)3)18-28-26(32)25-22-12-8-9-13-23(22)27(33)31(29-25)21-10-6-5-7-11-21/h5-17,24H,4,18H2,1-3H3,(H,28,32). The highest BCUT2D eigenvalue weighted by molar-refractivity contribution is 6.04. The van der Waals surface area contributed by atoms with Crippen molar-refractivity contribution in [2.24, 2.45) is 0 Å². The van der Waals surface area contributed by atoms with Crippen molar-refractivity contribution in [1.29, 1.82) is 0 Å². The quantitative estimate of drug-likeness (QED) is 0.472. The van der Waals surface area contributed by atoms with Gasteiger partial charge in [-0.1, -0.05) is 67.6 Å². The van der Waals surface area contributed by atoms with Gasteiger partial charge < -0.3 is 10.2 Å². The Balaban J connectivity index is 1.67. The molecule has 0 aliphatic carbocycles. The number of aryl methyl sites for hydroxylation is 1. The summed E-state index contributed by atoms with van der Waals surface area (Å²) in [6.45, 7) is 2.54. The van der Waals surface area contributed by atoms with E-state index in [0.29, 0.717) is 23.0 Å². The fraction of sp³-hybridized carbons (Fsp3) is 0.222. The summed E-state index contributed by atoms with van der Waals surface area (Å²) in [6.07, 6.45) is 0.986. The van der Waals surface area contributed by atoms with Crippen LogP contribution in [-0.2, 0) is 6.42 Å². The first-order valence-corrected chi connectivity index (χ1v) is 11.1. The smallest absolute Gasteiger partial charge is 0.279 e. The molecule has 0 aliphatic heterocycles. The molecule has 1 amide bonds. The number of likely N-dealkylation sites (N-methyl/N-ethyl adjacent to an activating group) is 1. The number of nitrogens with zero attached hydrogens (tertiary/aromatic N) is 3. The molecule has 0 aliphatic rings. The van der Waals surface area contributed by atoms with Crippen LogP contribution in [-0.4, -0.2) is 41.2 Å². The van der Waals surface area contributed by atoms with Gasteiger partial charge in [-0.05, 0) is 49.8 Å². The third-order valence-electron chi connectivity index (χ3n) is 5.87. The molecule has 1 N–H and O–H groups in total. The van der Waals surface area contributed by atoms with Crippen LogP contribution in [0.4, 0.5) is 0 Å². The molecule has 0 saturated heterocycles. The van der Waals surface area contributed by atoms with Crippen LogP contribution in [0.5, 0.6) is 0 Å². The van der Waals surface area contributed by atoms with Crippen molar-refractivity contribution in [3.05, 3.63) is 106 Å². The van der Waals surface area contributed by atoms with Crippen LogP contribution < -0.4 is 10.9 Å². The van der Waals surface area contributed by atoms with E-state index in [4.69, 9.17) is 0 Å². The Labute approximate surface area is 193 Å². The third kappa shape index (κ3) is 4.71. The van der Waals surface area contributed by atoms with Gasteiger partial charge in [-0.3, -0.25) is 9.59 Å². The first-order valence-electron chi connectivity index (χ1n) is 11.1. The van der Waals surface area contributed by atoms with Gasteiger partial charge in [-0.2, -0.15) is 9.78 Å². The minimum absolute atomic E-state index is 0.00569. The number of carbonyl (C=O) groups is 1. The van der Waals surface area contributed by atoms with E-state index < -0.39 is 0 Å². The van der Waals surface area contributed by atoms with E-state index in [1.165, 1.54) is 10.2 Å². The van der Waals surface area contributed by atoms with E-state index in [-0.39, 0.29) is 23.2 Å². The van der Waals surface area contributed by atoms with Gasteiger partial charge in [-0.25, -0.2) is 0 Å². The van der Waals surface area contributed by atoms with Crippen molar-refractivity contribution in [3.8, 4) is 5.69 Å². The molecular weight excluding hydrogens is 412 g/mol. The zero-order valence-corrected chi connectivity index (χ0v) is 19.2. The van der Waals surface area contributed by atoms with Gasteiger partial charge >= 0.3 is 0 Å². The normalized spacial score (nSPS) is 12.1. The first-order chi connectivity index (χ1) is 16.0. The number of benzene rings is 3. The molecule has 4 rings (SSSR count). The van der Waals surface area contributed by atoms with E-state index in [9.17, 15) is 9.59 Å². The lowest BCUT2D eigenvalue weighted by Crippen LogP contribution is -2.36. The van der Waals surface area contributed by atoms with Crippen LogP contribution in [0.2, 0.25) is 0 Å². The lowest BCUT2D eigenvalue weighted by molar-refractivity contribution is 0.0937. The third-order valence-corrected chi connectivity index (χ3v) is 5.87. The van der Waals surface area contributed by atoms with Crippen molar-refractivity contribution in [2.75, 3.05) is 20.6 Å². The second kappa shape index (κ2) is 9.79. The SMILES string of the molecule is CCc1ccc(C(CNC(=O)c2nn(-c3ccccc3)c(=O)c3ccccc23)N(C)C)cc1. The number of fused-ring (bicyclic) bond motifs is 1. The van der Waals surface area contributed by atoms with Gasteiger partial charge in [-0.15, -0.1) is 0 Å². The average molecular weight is 441 g/mol. The molecule has 6 nitrogen and oxygen atoms in total. The van der Waals surface area contributed by atoms with Gasteiger partial charge in [0.25, 0.3) is 11.5 Å². The maximum absolute atomic E-state index is 13.3. The second-order valence-corrected chi connectivity index (χ2v) is 8.23. The van der Waals surface area contributed by atoms with Crippen LogP contribution in [0.25, 0.3) is 16.5 Å². The van der Waals surface area contributed by atoms with E-state index in [1.807, 2.05) is 38.4 Å². The maximum Gasteiger partial charge on any atom is 0.279 e. The summed E-state index contributed by atoms with van der Waals surface area (Å²) in [7, 11) is 3.99. The summed E-state index contributed by atoms with van der Waals surface area (Å²) < 4.78 is 1.30. The van der Waals surface area contributed by atoms with Crippen LogP contribution >= 0.6 is 0 Å². The van der Waals surface area contributed by atoms with Crippen LogP contribution in [0.3, 0.4) is 0 Å². The molecule has 4 aromatic rings. The van der Waals surface area contributed by atoms with Crippen LogP contribution in [0, 0.1) is 0 Å². The number of para-hydroxylation sites is 1. The van der Waals surface area contributed by atoms with E-state index in [1.54, 1.807) is 30.3 Å². The zero-order valence-electron chi connectivity index (χ0n) is 19.2. The number of rotatable bonds is 7. The highest BCUT2D eigenvalue weighted by Crippen LogP contribution is 2.20. The molecule has 3 aromatic carbocycles. The number of nitrogens with one attached hydrogen (secondary N) is 1. The van der Waals surface area contributed by atoms with E-state index in [2.05, 4.69) is 46.5 Å². The van der Waals surface area contributed by atoms with Crippen LogP contribution in [0.1, 0.15) is 34.6 Å². The summed E-state index contributed by atoms with van der Waals surface area (Å²) in [5.41, 5.74) is 3.00. The molecule has 0 fully saturated rings. The number of carbonyl (C=O) groups excluding carboxylic acids is 1. The molecule has 33 heavy (non-hydrogen) atoms. The Morgan fingerprint density at radius 1 is 0.939 bits per heavy atom. The zero-order chi connectivity index (χ0) is 23.4. The van der Waals surface area contributed by atoms with Gasteiger partial charge in [0.2, 0.25) is 0 Å². The second-order valence-electron chi connectivity index (χ2n) is 8.23. The van der Waals surface area contributed by atoms with Gasteiger partial charge in [0.1, 0.15) is 0 Å². The first kappa shape index (κ1) is 22.4. The summed E-state index contributed by atoms with van der Waals surface area (Å²) >= 11 is 0. The maximum atomic E-state index is 13.3. The molecular formula is C27H28N4O2. The Hall–Kier alpha value is -3.77. The topological polar surface area (TPSA) is 67.2 Å². The van der Waals surface area contributed by atoms with Crippen molar-refractivity contribution in [2.45, 2.75) is 19.4 Å². The highest BCUT2D eigenvalue weighted by atomic mass is 16.2. The molecule has 1 unspecified atom stereocenters. The summed E-state index contributed by atoms with van der Waals surface area (Å²) in [5, 5.41) is 8.51. The van der Waals surface area contributed by atoms with Crippen molar-refractivity contribution in [1.82, 2.24) is 20.0 Å². The number of aromatic nitrogens is 2. The number of amides is 1. The minimum atomic E-state index is -0.312. The minimum Gasteiger partial charge on any atom is -0.349 e. The molecule has 0 bridgehead atoms. The largest absolute Gasteiger partial charge is 0.349 e. The van der Waals surface area contributed by atoms with Crippen LogP contribution in [0.15, 0.2) is 83.7 Å². The number of hydrogen-bond donors (Lipinski definition) is 1. The fourth-order valence-electron chi connectivity index (χ4n) is 3.95. The lowest BCUT2D eigenvalue weighted by Gasteiger charge is -2.25. The van der Waals surface area contributed by atoms with Gasteiger partial charge in [0, 0.05) is 11.9 Å². The number of hydrogen-bond acceptors (Lipinski definition) is 4. The van der Waals surface area contributed by atoms with E-state index >= 15 is 0 Å². The molecule has 1 heterocycles. The fourth-order valence-corrected chi connectivity index (χ4v) is 3.95. The molecule has 1 atom stereocenters. The predicted octanol–water partition coefficient (Wildman–Crippen LogP) is 3.98. The molecule has 6 heteroatoms. The Morgan fingerprint density at radius 2 is 1.58 bits per heavy atom.